The average molecular weight is 452 g/mol. The molecule has 7 nitrogen and oxygen atoms in total. The van der Waals surface area contributed by atoms with Crippen molar-refractivity contribution in [3.8, 4) is 16.9 Å². The van der Waals surface area contributed by atoms with Gasteiger partial charge in [-0.3, -0.25) is 0 Å². The Bertz CT molecular complexity index is 1490. The zero-order chi connectivity index (χ0) is 22.6. The molecule has 0 saturated heterocycles. The van der Waals surface area contributed by atoms with Crippen LogP contribution in [-0.2, 0) is 0 Å². The monoisotopic (exact) mass is 451 g/mol. The lowest BCUT2D eigenvalue weighted by Crippen LogP contribution is -2.00. The molecule has 162 valence electrons. The molecular formula is C23H19ClFN5O2. The molecule has 0 radical (unpaired) electrons. The second kappa shape index (κ2) is 7.49. The summed E-state index contributed by atoms with van der Waals surface area (Å²) in [5.74, 6) is 1.91. The van der Waals surface area contributed by atoms with Gasteiger partial charge in [-0.1, -0.05) is 16.8 Å². The molecule has 0 unspecified atom stereocenters. The Hall–Kier alpha value is -3.65. The number of aromatic nitrogens is 4. The predicted molar refractivity (Wildman–Crippen MR) is 122 cm³/mol. The summed E-state index contributed by atoms with van der Waals surface area (Å²) in [5.41, 5.74) is 4.17. The summed E-state index contributed by atoms with van der Waals surface area (Å²) in [6.45, 7) is 5.53. The molecule has 0 fully saturated rings. The lowest BCUT2D eigenvalue weighted by atomic mass is 10.0. The maximum atomic E-state index is 14.4. The minimum absolute atomic E-state index is 0.227. The van der Waals surface area contributed by atoms with Gasteiger partial charge in [0.15, 0.2) is 0 Å². The number of nitrogens with one attached hydrogen (secondary N) is 2. The molecular weight excluding hydrogens is 433 g/mol. The van der Waals surface area contributed by atoms with Crippen LogP contribution in [0.4, 0.5) is 15.9 Å². The molecule has 2 N–H and O–H groups in total. The lowest BCUT2D eigenvalue weighted by molar-refractivity contribution is 0.393. The quantitative estimate of drug-likeness (QED) is 0.336. The van der Waals surface area contributed by atoms with Crippen LogP contribution < -0.4 is 10.1 Å². The van der Waals surface area contributed by atoms with Crippen molar-refractivity contribution in [3.63, 3.8) is 0 Å². The number of aryl methyl sites for hydroxylation is 3. The Labute approximate surface area is 187 Å². The standard InChI is InChI=1S/C23H19ClFN5O2/c1-10-20(11(2)32-30-10)15-8-17-14(9-19(15)31-4)21-22(28-17)26-12(3)27-23(21)29-18-7-13(24)5-6-16(18)25/h5-9H,1-4H3,(H2,26,27,28,29). The van der Waals surface area contributed by atoms with Crippen molar-refractivity contribution in [1.82, 2.24) is 20.1 Å². The van der Waals surface area contributed by atoms with E-state index in [1.807, 2.05) is 26.0 Å². The first-order chi connectivity index (χ1) is 15.4. The van der Waals surface area contributed by atoms with E-state index in [1.165, 1.54) is 18.2 Å². The molecule has 5 rings (SSSR count). The maximum absolute atomic E-state index is 14.4. The number of nitrogens with zero attached hydrogens (tertiary/aromatic N) is 3. The van der Waals surface area contributed by atoms with E-state index in [-0.39, 0.29) is 5.69 Å². The molecule has 3 heterocycles. The minimum atomic E-state index is -0.433. The number of fused-ring (bicyclic) bond motifs is 3. The van der Waals surface area contributed by atoms with Gasteiger partial charge in [-0.25, -0.2) is 14.4 Å². The molecule has 9 heteroatoms. The van der Waals surface area contributed by atoms with Crippen LogP contribution in [0.2, 0.25) is 5.02 Å². The Morgan fingerprint density at radius 3 is 2.66 bits per heavy atom. The van der Waals surface area contributed by atoms with Gasteiger partial charge >= 0.3 is 0 Å². The van der Waals surface area contributed by atoms with Crippen LogP contribution in [0.1, 0.15) is 17.3 Å². The number of methoxy groups -OCH3 is 1. The summed E-state index contributed by atoms with van der Waals surface area (Å²) in [6, 6.07) is 8.21. The summed E-state index contributed by atoms with van der Waals surface area (Å²) >= 11 is 6.06. The number of rotatable bonds is 4. The number of H-pyrrole nitrogens is 1. The predicted octanol–water partition coefficient (Wildman–Crippen LogP) is 6.24. The molecule has 0 aliphatic heterocycles. The fourth-order valence-corrected chi connectivity index (χ4v) is 4.15. The van der Waals surface area contributed by atoms with Gasteiger partial charge in [-0.05, 0) is 51.1 Å². The van der Waals surface area contributed by atoms with Crippen molar-refractivity contribution < 1.29 is 13.7 Å². The van der Waals surface area contributed by atoms with Gasteiger partial charge < -0.3 is 19.6 Å². The van der Waals surface area contributed by atoms with E-state index in [1.54, 1.807) is 14.0 Å². The second-order valence-electron chi connectivity index (χ2n) is 7.51. The first-order valence-corrected chi connectivity index (χ1v) is 10.3. The minimum Gasteiger partial charge on any atom is -0.496 e. The molecule has 3 aromatic heterocycles. The van der Waals surface area contributed by atoms with Crippen molar-refractivity contribution in [2.24, 2.45) is 0 Å². The van der Waals surface area contributed by atoms with Crippen molar-refractivity contribution in [1.29, 1.82) is 0 Å². The highest BCUT2D eigenvalue weighted by molar-refractivity contribution is 6.30. The fraction of sp³-hybridized carbons (Fsp3) is 0.174. The highest BCUT2D eigenvalue weighted by Crippen LogP contribution is 2.41. The fourth-order valence-electron chi connectivity index (χ4n) is 3.98. The molecule has 2 aromatic carbocycles. The van der Waals surface area contributed by atoms with Crippen LogP contribution in [0.25, 0.3) is 33.1 Å². The van der Waals surface area contributed by atoms with Crippen LogP contribution in [0.5, 0.6) is 5.75 Å². The molecule has 0 saturated carbocycles. The molecule has 0 spiro atoms. The number of ether oxygens (including phenoxy) is 1. The third-order valence-corrected chi connectivity index (χ3v) is 5.60. The molecule has 0 bridgehead atoms. The first-order valence-electron chi connectivity index (χ1n) is 9.89. The summed E-state index contributed by atoms with van der Waals surface area (Å²) in [7, 11) is 1.61. The van der Waals surface area contributed by atoms with Crippen LogP contribution >= 0.6 is 11.6 Å². The van der Waals surface area contributed by atoms with Gasteiger partial charge in [-0.2, -0.15) is 0 Å². The smallest absolute Gasteiger partial charge is 0.146 e. The van der Waals surface area contributed by atoms with Gasteiger partial charge in [0, 0.05) is 21.5 Å². The van der Waals surface area contributed by atoms with Crippen LogP contribution in [0, 0.1) is 26.6 Å². The Morgan fingerprint density at radius 2 is 1.94 bits per heavy atom. The average Bonchev–Trinajstić information content (AvgIpc) is 3.27. The number of aromatic amines is 1. The number of halogens is 2. The zero-order valence-corrected chi connectivity index (χ0v) is 18.6. The van der Waals surface area contributed by atoms with E-state index in [0.717, 1.165) is 27.7 Å². The first kappa shape index (κ1) is 20.3. The molecule has 5 aromatic rings. The van der Waals surface area contributed by atoms with Crippen molar-refractivity contribution in [2.45, 2.75) is 20.8 Å². The molecule has 0 amide bonds. The van der Waals surface area contributed by atoms with Crippen molar-refractivity contribution >= 4 is 45.0 Å². The Morgan fingerprint density at radius 1 is 1.12 bits per heavy atom. The highest BCUT2D eigenvalue weighted by Gasteiger charge is 2.21. The third kappa shape index (κ3) is 3.23. The van der Waals surface area contributed by atoms with E-state index in [4.69, 9.17) is 20.9 Å². The van der Waals surface area contributed by atoms with Crippen LogP contribution in [0.15, 0.2) is 34.9 Å². The third-order valence-electron chi connectivity index (χ3n) is 5.37. The largest absolute Gasteiger partial charge is 0.496 e. The highest BCUT2D eigenvalue weighted by atomic mass is 35.5. The van der Waals surface area contributed by atoms with Crippen molar-refractivity contribution in [2.75, 3.05) is 12.4 Å². The SMILES string of the molecule is COc1cc2c(cc1-c1c(C)noc1C)[nH]c1nc(C)nc(Nc3cc(Cl)ccc3F)c12. The summed E-state index contributed by atoms with van der Waals surface area (Å²) in [5, 5.41) is 9.10. The maximum Gasteiger partial charge on any atom is 0.146 e. The van der Waals surface area contributed by atoms with Gasteiger partial charge in [0.25, 0.3) is 0 Å². The van der Waals surface area contributed by atoms with E-state index < -0.39 is 5.82 Å². The number of benzene rings is 2. The molecule has 0 aliphatic rings. The van der Waals surface area contributed by atoms with E-state index in [2.05, 4.69) is 25.4 Å². The molecule has 0 atom stereocenters. The van der Waals surface area contributed by atoms with Gasteiger partial charge in [0.05, 0.1) is 29.4 Å². The van der Waals surface area contributed by atoms with Crippen LogP contribution in [-0.4, -0.2) is 27.2 Å². The molecule has 32 heavy (non-hydrogen) atoms. The second-order valence-corrected chi connectivity index (χ2v) is 7.95. The topological polar surface area (TPSA) is 88.9 Å². The number of hydrogen-bond acceptors (Lipinski definition) is 6. The van der Waals surface area contributed by atoms with Gasteiger partial charge in [0.2, 0.25) is 0 Å². The summed E-state index contributed by atoms with van der Waals surface area (Å²) < 4.78 is 25.4. The summed E-state index contributed by atoms with van der Waals surface area (Å²) in [6.07, 6.45) is 0. The van der Waals surface area contributed by atoms with Gasteiger partial charge in [-0.15, -0.1) is 0 Å². The number of hydrogen-bond donors (Lipinski definition) is 2. The lowest BCUT2D eigenvalue weighted by Gasteiger charge is -2.11. The Balaban J connectivity index is 1.77. The summed E-state index contributed by atoms with van der Waals surface area (Å²) in [4.78, 5) is 12.4. The number of anilines is 2. The van der Waals surface area contributed by atoms with E-state index >= 15 is 0 Å². The van der Waals surface area contributed by atoms with Gasteiger partial charge in [0.1, 0.15) is 34.6 Å². The van der Waals surface area contributed by atoms with Crippen molar-refractivity contribution in [3.05, 3.63) is 58.5 Å². The zero-order valence-electron chi connectivity index (χ0n) is 17.8. The van der Waals surface area contributed by atoms with E-state index in [0.29, 0.717) is 39.2 Å². The van der Waals surface area contributed by atoms with E-state index in [9.17, 15) is 4.39 Å². The molecule has 0 aliphatic carbocycles. The Kier molecular flexibility index (Phi) is 4.74. The van der Waals surface area contributed by atoms with Crippen LogP contribution in [0.3, 0.4) is 0 Å². The normalized spacial score (nSPS) is 11.4.